The van der Waals surface area contributed by atoms with Crippen LogP contribution in [0.15, 0.2) is 48.5 Å². The van der Waals surface area contributed by atoms with Gasteiger partial charge in [-0.1, -0.05) is 41.9 Å². The Kier molecular flexibility index (Phi) is 3.38. The molecule has 6 heteroatoms. The molecule has 3 rings (SSSR count). The first-order chi connectivity index (χ1) is 9.66. The van der Waals surface area contributed by atoms with Crippen LogP contribution in [-0.4, -0.2) is 14.8 Å². The molecule has 3 nitrogen and oxygen atoms in total. The Balaban J connectivity index is 2.27. The Morgan fingerprint density at radius 2 is 1.90 bits per heavy atom. The average Bonchev–Trinajstić information content (AvgIpc) is 2.84. The van der Waals surface area contributed by atoms with Crippen molar-refractivity contribution in [3.63, 3.8) is 0 Å². The molecule has 1 N–H and O–H groups in total. The summed E-state index contributed by atoms with van der Waals surface area (Å²) in [6, 6.07) is 13.6. The van der Waals surface area contributed by atoms with Crippen molar-refractivity contribution < 1.29 is 4.39 Å². The fourth-order valence-corrected chi connectivity index (χ4v) is 2.39. The summed E-state index contributed by atoms with van der Waals surface area (Å²) in [5.74, 6) is 0.203. The van der Waals surface area contributed by atoms with Gasteiger partial charge >= 0.3 is 0 Å². The molecule has 1 heterocycles. The lowest BCUT2D eigenvalue weighted by Gasteiger charge is -2.09. The van der Waals surface area contributed by atoms with Crippen LogP contribution >= 0.6 is 23.8 Å². The molecule has 0 aliphatic heterocycles. The summed E-state index contributed by atoms with van der Waals surface area (Å²) in [4.78, 5) is 0. The van der Waals surface area contributed by atoms with Crippen molar-refractivity contribution in [1.82, 2.24) is 14.8 Å². The van der Waals surface area contributed by atoms with Crippen LogP contribution < -0.4 is 0 Å². The van der Waals surface area contributed by atoms with Gasteiger partial charge in [-0.15, -0.1) is 0 Å². The highest BCUT2D eigenvalue weighted by Gasteiger charge is 2.13. The smallest absolute Gasteiger partial charge is 0.200 e. The van der Waals surface area contributed by atoms with Crippen LogP contribution in [0.3, 0.4) is 0 Å². The van der Waals surface area contributed by atoms with Crippen LogP contribution in [0.4, 0.5) is 4.39 Å². The number of halogens is 2. The molecule has 100 valence electrons. The van der Waals surface area contributed by atoms with E-state index in [9.17, 15) is 4.39 Å². The van der Waals surface area contributed by atoms with Crippen LogP contribution in [0.25, 0.3) is 17.1 Å². The fourth-order valence-electron chi connectivity index (χ4n) is 1.96. The minimum atomic E-state index is -0.383. The predicted octanol–water partition coefficient (Wildman–Crippen LogP) is 4.39. The number of rotatable bonds is 2. The predicted molar refractivity (Wildman–Crippen MR) is 79.2 cm³/mol. The molecule has 0 spiro atoms. The van der Waals surface area contributed by atoms with Gasteiger partial charge in [0, 0.05) is 5.56 Å². The number of nitrogens with zero attached hydrogens (tertiary/aromatic N) is 2. The molecular weight excluding hydrogens is 297 g/mol. The lowest BCUT2D eigenvalue weighted by atomic mass is 10.2. The van der Waals surface area contributed by atoms with Crippen molar-refractivity contribution in [3.05, 3.63) is 64.1 Å². The van der Waals surface area contributed by atoms with Crippen LogP contribution in [0.5, 0.6) is 0 Å². The monoisotopic (exact) mass is 305 g/mol. The molecule has 0 bridgehead atoms. The lowest BCUT2D eigenvalue weighted by molar-refractivity contribution is 0.626. The molecule has 0 atom stereocenters. The van der Waals surface area contributed by atoms with E-state index in [-0.39, 0.29) is 5.82 Å². The van der Waals surface area contributed by atoms with Crippen molar-refractivity contribution in [2.24, 2.45) is 0 Å². The van der Waals surface area contributed by atoms with E-state index in [0.717, 1.165) is 5.56 Å². The largest absolute Gasteiger partial charge is 0.267 e. The molecule has 3 aromatic rings. The molecule has 0 aliphatic rings. The Hall–Kier alpha value is -1.98. The van der Waals surface area contributed by atoms with Gasteiger partial charge in [-0.05, 0) is 30.4 Å². The molecule has 0 unspecified atom stereocenters. The zero-order chi connectivity index (χ0) is 14.1. The van der Waals surface area contributed by atoms with Crippen molar-refractivity contribution in [3.8, 4) is 17.1 Å². The summed E-state index contributed by atoms with van der Waals surface area (Å²) in [6.45, 7) is 0. The summed E-state index contributed by atoms with van der Waals surface area (Å²) in [5, 5.41) is 7.32. The second kappa shape index (κ2) is 5.19. The third-order valence-corrected chi connectivity index (χ3v) is 3.45. The molecule has 1 aromatic heterocycles. The average molecular weight is 306 g/mol. The maximum Gasteiger partial charge on any atom is 0.200 e. The Morgan fingerprint density at radius 3 is 2.65 bits per heavy atom. The molecule has 0 saturated heterocycles. The van der Waals surface area contributed by atoms with E-state index in [1.165, 1.54) is 18.2 Å². The second-order valence-corrected chi connectivity index (χ2v) is 4.94. The molecule has 0 amide bonds. The Bertz CT molecular complexity index is 811. The van der Waals surface area contributed by atoms with Gasteiger partial charge in [-0.2, -0.15) is 5.10 Å². The molecule has 0 aliphatic carbocycles. The standard InChI is InChI=1S/C14H9ClFN3S/c15-11-7-6-10(16)8-12(11)19-13(17-18-14(19)20)9-4-2-1-3-5-9/h1-8H,(H,18,20). The van der Waals surface area contributed by atoms with Gasteiger partial charge < -0.3 is 0 Å². The first kappa shape index (κ1) is 13.0. The van der Waals surface area contributed by atoms with Crippen LogP contribution in [-0.2, 0) is 0 Å². The fraction of sp³-hybridized carbons (Fsp3) is 0. The van der Waals surface area contributed by atoms with Crippen molar-refractivity contribution >= 4 is 23.8 Å². The first-order valence-corrected chi connectivity index (χ1v) is 6.64. The van der Waals surface area contributed by atoms with E-state index < -0.39 is 0 Å². The highest BCUT2D eigenvalue weighted by Crippen LogP contribution is 2.26. The quantitative estimate of drug-likeness (QED) is 0.712. The van der Waals surface area contributed by atoms with Gasteiger partial charge in [-0.25, -0.2) is 4.39 Å². The zero-order valence-corrected chi connectivity index (χ0v) is 11.7. The van der Waals surface area contributed by atoms with Gasteiger partial charge in [0.1, 0.15) is 5.82 Å². The van der Waals surface area contributed by atoms with Gasteiger partial charge in [0.25, 0.3) is 0 Å². The van der Waals surface area contributed by atoms with Crippen LogP contribution in [0.2, 0.25) is 5.02 Å². The number of benzene rings is 2. The summed E-state index contributed by atoms with van der Waals surface area (Å²) in [5.41, 5.74) is 1.32. The van der Waals surface area contributed by atoms with Crippen molar-refractivity contribution in [1.29, 1.82) is 0 Å². The minimum Gasteiger partial charge on any atom is -0.267 e. The lowest BCUT2D eigenvalue weighted by Crippen LogP contribution is -1.99. The summed E-state index contributed by atoms with van der Waals surface area (Å²) in [6.07, 6.45) is 0. The molecule has 0 radical (unpaired) electrons. The Morgan fingerprint density at radius 1 is 1.15 bits per heavy atom. The van der Waals surface area contributed by atoms with E-state index in [1.807, 2.05) is 30.3 Å². The van der Waals surface area contributed by atoms with Gasteiger partial charge in [-0.3, -0.25) is 9.67 Å². The third-order valence-electron chi connectivity index (χ3n) is 2.85. The summed E-state index contributed by atoms with van der Waals surface area (Å²) < 4.78 is 15.4. The highest BCUT2D eigenvalue weighted by atomic mass is 35.5. The summed E-state index contributed by atoms with van der Waals surface area (Å²) >= 11 is 11.4. The number of hydrogen-bond acceptors (Lipinski definition) is 2. The van der Waals surface area contributed by atoms with Crippen molar-refractivity contribution in [2.45, 2.75) is 0 Å². The first-order valence-electron chi connectivity index (χ1n) is 5.85. The topological polar surface area (TPSA) is 33.6 Å². The molecule has 0 saturated carbocycles. The van der Waals surface area contributed by atoms with E-state index in [2.05, 4.69) is 10.2 Å². The van der Waals surface area contributed by atoms with E-state index in [0.29, 0.717) is 21.3 Å². The van der Waals surface area contributed by atoms with E-state index in [1.54, 1.807) is 4.57 Å². The molecule has 2 aromatic carbocycles. The third kappa shape index (κ3) is 2.26. The number of aromatic nitrogens is 3. The number of nitrogens with one attached hydrogen (secondary N) is 1. The minimum absolute atomic E-state index is 0.358. The van der Waals surface area contributed by atoms with Crippen molar-refractivity contribution in [2.75, 3.05) is 0 Å². The second-order valence-electron chi connectivity index (χ2n) is 4.15. The number of aromatic amines is 1. The van der Waals surface area contributed by atoms with Gasteiger partial charge in [0.15, 0.2) is 10.6 Å². The van der Waals surface area contributed by atoms with Crippen LogP contribution in [0.1, 0.15) is 0 Å². The summed E-state index contributed by atoms with van der Waals surface area (Å²) in [7, 11) is 0. The van der Waals surface area contributed by atoms with Gasteiger partial charge in [0.05, 0.1) is 10.7 Å². The molecule has 20 heavy (non-hydrogen) atoms. The molecular formula is C14H9ClFN3S. The highest BCUT2D eigenvalue weighted by molar-refractivity contribution is 7.71. The van der Waals surface area contributed by atoms with E-state index >= 15 is 0 Å². The number of hydrogen-bond donors (Lipinski definition) is 1. The maximum absolute atomic E-state index is 13.5. The zero-order valence-electron chi connectivity index (χ0n) is 10.2. The van der Waals surface area contributed by atoms with Crippen LogP contribution in [0, 0.1) is 10.6 Å². The Labute approximate surface area is 124 Å². The SMILES string of the molecule is Fc1ccc(Cl)c(-n2c(-c3ccccc3)n[nH]c2=S)c1. The van der Waals surface area contributed by atoms with Gasteiger partial charge in [0.2, 0.25) is 0 Å². The maximum atomic E-state index is 13.5. The number of H-pyrrole nitrogens is 1. The molecule has 0 fully saturated rings. The normalized spacial score (nSPS) is 10.7. The van der Waals surface area contributed by atoms with E-state index in [4.69, 9.17) is 23.8 Å².